The molecule has 0 saturated heterocycles. The number of benzene rings is 1. The van der Waals surface area contributed by atoms with Gasteiger partial charge in [-0.2, -0.15) is 0 Å². The van der Waals surface area contributed by atoms with Crippen LogP contribution in [0.4, 0.5) is 4.79 Å². The summed E-state index contributed by atoms with van der Waals surface area (Å²) in [5, 5.41) is 2.59. The van der Waals surface area contributed by atoms with E-state index in [1.165, 1.54) is 0 Å². The van der Waals surface area contributed by atoms with Crippen molar-refractivity contribution in [3.63, 3.8) is 0 Å². The Morgan fingerprint density at radius 3 is 2.35 bits per heavy atom. The second-order valence-corrected chi connectivity index (χ2v) is 6.93. The van der Waals surface area contributed by atoms with E-state index in [2.05, 4.69) is 5.32 Å². The zero-order chi connectivity index (χ0) is 19.7. The smallest absolute Gasteiger partial charge is 0.407 e. The first-order chi connectivity index (χ1) is 12.2. The number of amides is 2. The minimum absolute atomic E-state index is 0.0402. The topological polar surface area (TPSA) is 77.1 Å². The van der Waals surface area contributed by atoms with Crippen molar-refractivity contribution in [1.29, 1.82) is 0 Å². The number of alkyl carbamates (subject to hydrolysis) is 1. The summed E-state index contributed by atoms with van der Waals surface area (Å²) in [5.74, 6) is 1.30. The van der Waals surface area contributed by atoms with Gasteiger partial charge in [0, 0.05) is 26.6 Å². The fourth-order valence-electron chi connectivity index (χ4n) is 2.23. The molecular weight excluding hydrogens is 336 g/mol. The van der Waals surface area contributed by atoms with Gasteiger partial charge in [0.15, 0.2) is 11.5 Å². The maximum Gasteiger partial charge on any atom is 0.407 e. The lowest BCUT2D eigenvalue weighted by atomic mass is 10.1. The quantitative estimate of drug-likeness (QED) is 0.765. The minimum atomic E-state index is -0.551. The molecule has 0 atom stereocenters. The zero-order valence-corrected chi connectivity index (χ0v) is 16.5. The van der Waals surface area contributed by atoms with Crippen molar-refractivity contribution in [2.45, 2.75) is 39.2 Å². The summed E-state index contributed by atoms with van der Waals surface area (Å²) in [6.07, 6.45) is 0.405. The van der Waals surface area contributed by atoms with E-state index < -0.39 is 11.7 Å². The van der Waals surface area contributed by atoms with Crippen molar-refractivity contribution >= 4 is 12.0 Å². The van der Waals surface area contributed by atoms with Crippen molar-refractivity contribution in [2.75, 3.05) is 34.4 Å². The number of hydrogen-bond donors (Lipinski definition) is 1. The summed E-state index contributed by atoms with van der Waals surface area (Å²) < 4.78 is 15.6. The molecule has 146 valence electrons. The number of methoxy groups -OCH3 is 2. The molecule has 0 aliphatic carbocycles. The molecule has 0 bridgehead atoms. The molecule has 1 N–H and O–H groups in total. The van der Waals surface area contributed by atoms with Crippen molar-refractivity contribution < 1.29 is 23.8 Å². The highest BCUT2D eigenvalue weighted by Crippen LogP contribution is 2.27. The number of carbonyl (C=O) groups excluding carboxylic acids is 2. The van der Waals surface area contributed by atoms with E-state index in [0.717, 1.165) is 5.56 Å². The van der Waals surface area contributed by atoms with Crippen LogP contribution in [0, 0.1) is 0 Å². The van der Waals surface area contributed by atoms with Crippen LogP contribution in [-0.4, -0.2) is 56.9 Å². The van der Waals surface area contributed by atoms with Crippen LogP contribution in [0.2, 0.25) is 0 Å². The number of nitrogens with one attached hydrogen (secondary N) is 1. The highest BCUT2D eigenvalue weighted by molar-refractivity contribution is 5.77. The lowest BCUT2D eigenvalue weighted by molar-refractivity contribution is -0.129. The van der Waals surface area contributed by atoms with Crippen LogP contribution in [0.25, 0.3) is 0 Å². The molecule has 2 amide bonds. The van der Waals surface area contributed by atoms with Crippen LogP contribution in [-0.2, 0) is 16.0 Å². The number of ether oxygens (including phenoxy) is 3. The molecule has 1 aromatic rings. The minimum Gasteiger partial charge on any atom is -0.493 e. The summed E-state index contributed by atoms with van der Waals surface area (Å²) in [5.41, 5.74) is 0.499. The van der Waals surface area contributed by atoms with E-state index in [-0.39, 0.29) is 18.9 Å². The van der Waals surface area contributed by atoms with Gasteiger partial charge in [-0.25, -0.2) is 4.79 Å². The van der Waals surface area contributed by atoms with Crippen molar-refractivity contribution in [2.24, 2.45) is 0 Å². The third kappa shape index (κ3) is 7.63. The van der Waals surface area contributed by atoms with Crippen LogP contribution in [0.15, 0.2) is 18.2 Å². The molecule has 7 heteroatoms. The Morgan fingerprint density at radius 2 is 1.77 bits per heavy atom. The Balaban J connectivity index is 2.40. The van der Waals surface area contributed by atoms with Gasteiger partial charge in [0.1, 0.15) is 5.60 Å². The highest BCUT2D eigenvalue weighted by Gasteiger charge is 2.16. The number of likely N-dealkylation sites (N-methyl/N-ethyl adjacent to an activating group) is 1. The molecule has 1 rings (SSSR count). The van der Waals surface area contributed by atoms with Crippen LogP contribution >= 0.6 is 0 Å². The van der Waals surface area contributed by atoms with Gasteiger partial charge in [0.25, 0.3) is 0 Å². The summed E-state index contributed by atoms with van der Waals surface area (Å²) >= 11 is 0. The lowest BCUT2D eigenvalue weighted by Crippen LogP contribution is -2.36. The lowest BCUT2D eigenvalue weighted by Gasteiger charge is -2.20. The summed E-state index contributed by atoms with van der Waals surface area (Å²) in [4.78, 5) is 25.3. The molecule has 0 spiro atoms. The number of rotatable bonds is 8. The maximum atomic E-state index is 12.1. The normalized spacial score (nSPS) is 10.8. The van der Waals surface area contributed by atoms with Gasteiger partial charge in [-0.1, -0.05) is 6.07 Å². The number of carbonyl (C=O) groups is 2. The van der Waals surface area contributed by atoms with Crippen LogP contribution in [0.3, 0.4) is 0 Å². The van der Waals surface area contributed by atoms with E-state index in [1.54, 1.807) is 46.9 Å². The Hall–Kier alpha value is -2.44. The summed E-state index contributed by atoms with van der Waals surface area (Å²) in [6.45, 7) is 6.19. The SMILES string of the molecule is COc1ccc(CCN(C)C(=O)CCNC(=O)OC(C)(C)C)cc1OC. The third-order valence-corrected chi connectivity index (χ3v) is 3.62. The van der Waals surface area contributed by atoms with Gasteiger partial charge < -0.3 is 24.4 Å². The first-order valence-electron chi connectivity index (χ1n) is 8.58. The second-order valence-electron chi connectivity index (χ2n) is 6.93. The Labute approximate surface area is 155 Å². The van der Waals surface area contributed by atoms with Gasteiger partial charge in [0.05, 0.1) is 14.2 Å². The van der Waals surface area contributed by atoms with Gasteiger partial charge in [-0.15, -0.1) is 0 Å². The van der Waals surface area contributed by atoms with Crippen molar-refractivity contribution in [1.82, 2.24) is 10.2 Å². The van der Waals surface area contributed by atoms with Gasteiger partial charge in [-0.3, -0.25) is 4.79 Å². The molecule has 0 heterocycles. The number of hydrogen-bond acceptors (Lipinski definition) is 5. The Kier molecular flexibility index (Phi) is 8.22. The molecule has 0 aliphatic heterocycles. The zero-order valence-electron chi connectivity index (χ0n) is 16.5. The first-order valence-corrected chi connectivity index (χ1v) is 8.58. The monoisotopic (exact) mass is 366 g/mol. The molecule has 0 fully saturated rings. The predicted molar refractivity (Wildman–Crippen MR) is 99.7 cm³/mol. The summed E-state index contributed by atoms with van der Waals surface area (Å²) in [6, 6.07) is 5.70. The van der Waals surface area contributed by atoms with Gasteiger partial charge >= 0.3 is 6.09 Å². The fourth-order valence-corrected chi connectivity index (χ4v) is 2.23. The third-order valence-electron chi connectivity index (χ3n) is 3.62. The van der Waals surface area contributed by atoms with E-state index in [1.807, 2.05) is 18.2 Å². The van der Waals surface area contributed by atoms with Crippen LogP contribution in [0.1, 0.15) is 32.8 Å². The molecule has 1 aromatic carbocycles. The standard InChI is InChI=1S/C19H30N2O5/c1-19(2,3)26-18(23)20-11-9-17(22)21(4)12-10-14-7-8-15(24-5)16(13-14)25-6/h7-8,13H,9-12H2,1-6H3,(H,20,23). The average molecular weight is 366 g/mol. The largest absolute Gasteiger partial charge is 0.493 e. The van der Waals surface area contributed by atoms with Crippen molar-refractivity contribution in [3.8, 4) is 11.5 Å². The van der Waals surface area contributed by atoms with E-state index in [0.29, 0.717) is 24.5 Å². The van der Waals surface area contributed by atoms with Gasteiger partial charge in [0.2, 0.25) is 5.91 Å². The van der Waals surface area contributed by atoms with Crippen LogP contribution in [0.5, 0.6) is 11.5 Å². The first kappa shape index (κ1) is 21.6. The highest BCUT2D eigenvalue weighted by atomic mass is 16.6. The van der Waals surface area contributed by atoms with E-state index >= 15 is 0 Å². The molecule has 26 heavy (non-hydrogen) atoms. The maximum absolute atomic E-state index is 12.1. The molecule has 0 saturated carbocycles. The summed E-state index contributed by atoms with van der Waals surface area (Å²) in [7, 11) is 4.93. The molecule has 0 aliphatic rings. The average Bonchev–Trinajstić information content (AvgIpc) is 2.57. The van der Waals surface area contributed by atoms with E-state index in [9.17, 15) is 9.59 Å². The molecule has 0 aromatic heterocycles. The Morgan fingerprint density at radius 1 is 1.12 bits per heavy atom. The molecular formula is C19H30N2O5. The molecule has 7 nitrogen and oxygen atoms in total. The number of nitrogens with zero attached hydrogens (tertiary/aromatic N) is 1. The second kappa shape index (κ2) is 9.89. The van der Waals surface area contributed by atoms with Gasteiger partial charge in [-0.05, 0) is 44.9 Å². The van der Waals surface area contributed by atoms with E-state index in [4.69, 9.17) is 14.2 Å². The van der Waals surface area contributed by atoms with Crippen molar-refractivity contribution in [3.05, 3.63) is 23.8 Å². The van der Waals surface area contributed by atoms with Crippen LogP contribution < -0.4 is 14.8 Å². The molecule has 0 unspecified atom stereocenters. The molecule has 0 radical (unpaired) electrons. The Bertz CT molecular complexity index is 610. The fraction of sp³-hybridized carbons (Fsp3) is 0.579. The predicted octanol–water partition coefficient (Wildman–Crippen LogP) is 2.62.